The van der Waals surface area contributed by atoms with Crippen LogP contribution in [0, 0.1) is 0 Å². The van der Waals surface area contributed by atoms with Gasteiger partial charge in [0.25, 0.3) is 5.91 Å². The molecule has 3 nitrogen and oxygen atoms in total. The number of carbonyl (C=O) groups excluding carboxylic acids is 1. The van der Waals surface area contributed by atoms with E-state index in [-0.39, 0.29) is 5.91 Å². The van der Waals surface area contributed by atoms with Gasteiger partial charge in [0.2, 0.25) is 0 Å². The second-order valence-electron chi connectivity index (χ2n) is 5.54. The van der Waals surface area contributed by atoms with E-state index in [1.54, 1.807) is 0 Å². The molecule has 1 amide bonds. The Labute approximate surface area is 129 Å². The number of nitrogens with one attached hydrogen (secondary N) is 1. The summed E-state index contributed by atoms with van der Waals surface area (Å²) in [6.07, 6.45) is 5.03. The minimum absolute atomic E-state index is 0.0104. The molecule has 0 atom stereocenters. The fourth-order valence-corrected chi connectivity index (χ4v) is 3.13. The number of benzene rings is 1. The van der Waals surface area contributed by atoms with Gasteiger partial charge in [-0.2, -0.15) is 0 Å². The van der Waals surface area contributed by atoms with E-state index < -0.39 is 0 Å². The average Bonchev–Trinajstić information content (AvgIpc) is 2.92. The van der Waals surface area contributed by atoms with Gasteiger partial charge in [-0.25, -0.2) is 0 Å². The Hall–Kier alpha value is -1.61. The van der Waals surface area contributed by atoms with E-state index >= 15 is 0 Å². The van der Waals surface area contributed by atoms with Crippen LogP contribution in [-0.4, -0.2) is 17.4 Å². The quantitative estimate of drug-likeness (QED) is 0.870. The summed E-state index contributed by atoms with van der Waals surface area (Å²) in [4.78, 5) is 17.3. The standard InChI is InChI=1S/C17H19ClN2O/c1-2-3-9-19-17(21)16-12-5-4-6-14(12)20-15-8-7-11(18)10-13(15)16/h7-8,10H,2-6,9H2,1H3,(H,19,21). The molecule has 1 aromatic carbocycles. The first-order valence-electron chi connectivity index (χ1n) is 7.60. The molecule has 3 rings (SSSR count). The van der Waals surface area contributed by atoms with Crippen molar-refractivity contribution in [3.63, 3.8) is 0 Å². The van der Waals surface area contributed by atoms with Crippen LogP contribution in [0.15, 0.2) is 18.2 Å². The Morgan fingerprint density at radius 3 is 3.05 bits per heavy atom. The van der Waals surface area contributed by atoms with Crippen molar-refractivity contribution in [2.24, 2.45) is 0 Å². The summed E-state index contributed by atoms with van der Waals surface area (Å²) in [5, 5.41) is 4.55. The van der Waals surface area contributed by atoms with Crippen LogP contribution in [0.25, 0.3) is 10.9 Å². The number of aromatic nitrogens is 1. The first kappa shape index (κ1) is 14.3. The summed E-state index contributed by atoms with van der Waals surface area (Å²) < 4.78 is 0. The number of amides is 1. The van der Waals surface area contributed by atoms with Crippen molar-refractivity contribution < 1.29 is 4.79 Å². The average molecular weight is 303 g/mol. The number of hydrogen-bond donors (Lipinski definition) is 1. The van der Waals surface area contributed by atoms with Gasteiger partial charge in [-0.3, -0.25) is 9.78 Å². The summed E-state index contributed by atoms with van der Waals surface area (Å²) >= 11 is 6.11. The Balaban J connectivity index is 2.09. The molecule has 1 heterocycles. The van der Waals surface area contributed by atoms with Crippen LogP contribution in [0.2, 0.25) is 5.02 Å². The first-order valence-corrected chi connectivity index (χ1v) is 7.97. The highest BCUT2D eigenvalue weighted by molar-refractivity contribution is 6.31. The Morgan fingerprint density at radius 2 is 2.24 bits per heavy atom. The van der Waals surface area contributed by atoms with Crippen molar-refractivity contribution in [2.75, 3.05) is 6.54 Å². The lowest BCUT2D eigenvalue weighted by Crippen LogP contribution is -2.26. The minimum Gasteiger partial charge on any atom is -0.352 e. The SMILES string of the molecule is CCCCNC(=O)c1c2c(nc3ccc(Cl)cc13)CCC2. The van der Waals surface area contributed by atoms with Crippen LogP contribution in [-0.2, 0) is 12.8 Å². The van der Waals surface area contributed by atoms with Gasteiger partial charge in [-0.1, -0.05) is 24.9 Å². The van der Waals surface area contributed by atoms with Crippen molar-refractivity contribution in [1.82, 2.24) is 10.3 Å². The predicted molar refractivity (Wildman–Crippen MR) is 86.0 cm³/mol. The molecule has 110 valence electrons. The summed E-state index contributed by atoms with van der Waals surface area (Å²) in [5.74, 6) is 0.0104. The normalized spacial score (nSPS) is 13.4. The van der Waals surface area contributed by atoms with Crippen LogP contribution < -0.4 is 5.32 Å². The summed E-state index contributed by atoms with van der Waals surface area (Å²) in [7, 11) is 0. The zero-order chi connectivity index (χ0) is 14.8. The zero-order valence-electron chi connectivity index (χ0n) is 12.2. The van der Waals surface area contributed by atoms with E-state index in [1.165, 1.54) is 0 Å². The first-order chi connectivity index (χ1) is 10.2. The fourth-order valence-electron chi connectivity index (χ4n) is 2.96. The maximum atomic E-state index is 12.6. The molecular weight excluding hydrogens is 284 g/mol. The van der Waals surface area contributed by atoms with Gasteiger partial charge in [-0.15, -0.1) is 0 Å². The monoisotopic (exact) mass is 302 g/mol. The number of rotatable bonds is 4. The predicted octanol–water partition coefficient (Wildman–Crippen LogP) is 3.91. The number of unbranched alkanes of at least 4 members (excludes halogenated alkanes) is 1. The second-order valence-corrected chi connectivity index (χ2v) is 5.97. The highest BCUT2D eigenvalue weighted by atomic mass is 35.5. The van der Waals surface area contributed by atoms with Gasteiger partial charge < -0.3 is 5.32 Å². The number of carbonyl (C=O) groups is 1. The lowest BCUT2D eigenvalue weighted by molar-refractivity contribution is 0.0954. The largest absolute Gasteiger partial charge is 0.352 e. The van der Waals surface area contributed by atoms with Crippen molar-refractivity contribution in [3.05, 3.63) is 40.0 Å². The van der Waals surface area contributed by atoms with E-state index in [9.17, 15) is 4.79 Å². The van der Waals surface area contributed by atoms with E-state index in [0.717, 1.165) is 59.8 Å². The molecular formula is C17H19ClN2O. The van der Waals surface area contributed by atoms with Crippen LogP contribution in [0.4, 0.5) is 0 Å². The number of nitrogens with zero attached hydrogens (tertiary/aromatic N) is 1. The summed E-state index contributed by atoms with van der Waals surface area (Å²) in [6, 6.07) is 5.59. The van der Waals surface area contributed by atoms with Crippen molar-refractivity contribution >= 4 is 28.4 Å². The van der Waals surface area contributed by atoms with Crippen molar-refractivity contribution in [1.29, 1.82) is 0 Å². The molecule has 0 saturated heterocycles. The van der Waals surface area contributed by atoms with Gasteiger partial charge in [-0.05, 0) is 49.4 Å². The number of aryl methyl sites for hydroxylation is 1. The van der Waals surface area contributed by atoms with Crippen LogP contribution in [0.3, 0.4) is 0 Å². The topological polar surface area (TPSA) is 42.0 Å². The Bertz CT molecular complexity index is 697. The van der Waals surface area contributed by atoms with Gasteiger partial charge in [0, 0.05) is 22.6 Å². The lowest BCUT2D eigenvalue weighted by atomic mass is 10.0. The second kappa shape index (κ2) is 6.02. The molecule has 0 unspecified atom stereocenters. The molecule has 1 aromatic heterocycles. The number of hydrogen-bond acceptors (Lipinski definition) is 2. The van der Waals surface area contributed by atoms with Crippen LogP contribution in [0.5, 0.6) is 0 Å². The summed E-state index contributed by atoms with van der Waals surface area (Å²) in [5.41, 5.74) is 3.83. The zero-order valence-corrected chi connectivity index (χ0v) is 13.0. The highest BCUT2D eigenvalue weighted by Gasteiger charge is 2.23. The van der Waals surface area contributed by atoms with E-state index in [4.69, 9.17) is 16.6 Å². The van der Waals surface area contributed by atoms with E-state index in [1.807, 2.05) is 18.2 Å². The lowest BCUT2D eigenvalue weighted by Gasteiger charge is -2.13. The smallest absolute Gasteiger partial charge is 0.252 e. The molecule has 1 aliphatic rings. The maximum Gasteiger partial charge on any atom is 0.252 e. The third-order valence-corrected chi connectivity index (χ3v) is 4.25. The van der Waals surface area contributed by atoms with Gasteiger partial charge in [0.1, 0.15) is 0 Å². The maximum absolute atomic E-state index is 12.6. The molecule has 1 aliphatic carbocycles. The van der Waals surface area contributed by atoms with E-state index in [0.29, 0.717) is 11.6 Å². The van der Waals surface area contributed by atoms with Crippen LogP contribution >= 0.6 is 11.6 Å². The molecule has 0 fully saturated rings. The van der Waals surface area contributed by atoms with Crippen LogP contribution in [0.1, 0.15) is 47.8 Å². The summed E-state index contributed by atoms with van der Waals surface area (Å²) in [6.45, 7) is 2.83. The molecule has 0 bridgehead atoms. The highest BCUT2D eigenvalue weighted by Crippen LogP contribution is 2.31. The van der Waals surface area contributed by atoms with Gasteiger partial charge in [0.15, 0.2) is 0 Å². The molecule has 1 N–H and O–H groups in total. The van der Waals surface area contributed by atoms with Gasteiger partial charge >= 0.3 is 0 Å². The third-order valence-electron chi connectivity index (χ3n) is 4.02. The number of halogens is 1. The fraction of sp³-hybridized carbons (Fsp3) is 0.412. The van der Waals surface area contributed by atoms with Gasteiger partial charge in [0.05, 0.1) is 11.1 Å². The number of pyridine rings is 1. The molecule has 4 heteroatoms. The molecule has 0 radical (unpaired) electrons. The molecule has 0 saturated carbocycles. The van der Waals surface area contributed by atoms with Crippen molar-refractivity contribution in [3.8, 4) is 0 Å². The number of fused-ring (bicyclic) bond motifs is 2. The van der Waals surface area contributed by atoms with E-state index in [2.05, 4.69) is 12.2 Å². The molecule has 0 aliphatic heterocycles. The molecule has 21 heavy (non-hydrogen) atoms. The minimum atomic E-state index is 0.0104. The van der Waals surface area contributed by atoms with Crippen molar-refractivity contribution in [2.45, 2.75) is 39.0 Å². The third kappa shape index (κ3) is 2.75. The molecule has 2 aromatic rings. The Kier molecular flexibility index (Phi) is 4.11. The Morgan fingerprint density at radius 1 is 1.38 bits per heavy atom. The molecule has 0 spiro atoms.